The summed E-state index contributed by atoms with van der Waals surface area (Å²) in [5.41, 5.74) is 0. The second-order valence-corrected chi connectivity index (χ2v) is 18.4. The van der Waals surface area contributed by atoms with Crippen molar-refractivity contribution in [2.75, 3.05) is 13.2 Å². The number of rotatable bonds is 22. The van der Waals surface area contributed by atoms with Gasteiger partial charge >= 0.3 is 19.8 Å². The molecule has 1 aliphatic heterocycles. The number of esters is 2. The van der Waals surface area contributed by atoms with Gasteiger partial charge in [-0.3, -0.25) is 23.4 Å². The molecule has 376 valence electrons. The predicted molar refractivity (Wildman–Crippen MR) is 249 cm³/mol. The van der Waals surface area contributed by atoms with Crippen LogP contribution in [0.2, 0.25) is 0 Å². The van der Waals surface area contributed by atoms with E-state index >= 15 is 0 Å². The molecule has 0 radical (unpaired) electrons. The third kappa shape index (κ3) is 24.2. The Morgan fingerprint density at radius 2 is 1.41 bits per heavy atom. The predicted octanol–water partition coefficient (Wildman–Crippen LogP) is 6.09. The number of hydrogen-bond donors (Lipinski definition) is 8. The maximum Gasteiger partial charge on any atom is 0.472 e. The minimum Gasteiger partial charge on any atom is -0.462 e. The van der Waals surface area contributed by atoms with Crippen molar-refractivity contribution in [1.82, 2.24) is 0 Å². The molecule has 1 saturated carbocycles. The first-order chi connectivity index (χ1) is 31.6. The first kappa shape index (κ1) is 59.0. The first-order valence-electron chi connectivity index (χ1n) is 23.8. The molecule has 0 aromatic rings. The van der Waals surface area contributed by atoms with Crippen molar-refractivity contribution >= 4 is 25.5 Å². The Kier molecular flexibility index (Phi) is 30.6. The molecule has 0 saturated heterocycles. The summed E-state index contributed by atoms with van der Waals surface area (Å²) >= 11 is 0. The number of aliphatic hydroxyl groups is 7. The molecule has 0 spiro atoms. The van der Waals surface area contributed by atoms with Crippen molar-refractivity contribution in [2.24, 2.45) is 11.8 Å². The molecule has 2 aliphatic rings. The fourth-order valence-corrected chi connectivity index (χ4v) is 8.37. The molecule has 0 aromatic carbocycles. The molecule has 0 amide bonds. The number of phosphoric ester groups is 1. The summed E-state index contributed by atoms with van der Waals surface area (Å²) in [6, 6.07) is 0. The highest BCUT2D eigenvalue weighted by molar-refractivity contribution is 7.47. The van der Waals surface area contributed by atoms with Gasteiger partial charge in [-0.1, -0.05) is 119 Å². The van der Waals surface area contributed by atoms with E-state index in [1.165, 1.54) is 37.5 Å². The van der Waals surface area contributed by atoms with Gasteiger partial charge in [0.15, 0.2) is 6.10 Å². The topological polar surface area (TPSA) is 267 Å². The Morgan fingerprint density at radius 1 is 0.803 bits per heavy atom. The second-order valence-electron chi connectivity index (χ2n) is 17.0. The third-order valence-electron chi connectivity index (χ3n) is 11.4. The van der Waals surface area contributed by atoms with Crippen molar-refractivity contribution in [3.63, 3.8) is 0 Å². The fraction of sp³-hybridized carbons (Fsp3) is 0.694. The Labute approximate surface area is 391 Å². The average molecular weight is 955 g/mol. The molecular formula is C49H79O16P. The van der Waals surface area contributed by atoms with Crippen molar-refractivity contribution in [3.8, 4) is 0 Å². The number of unbranched alkanes of at least 4 members (excludes halogenated alkanes) is 6. The highest BCUT2D eigenvalue weighted by Crippen LogP contribution is 2.47. The molecule has 1 fully saturated rings. The number of carbonyl (C=O) groups is 3. The molecular weight excluding hydrogens is 875 g/mol. The lowest BCUT2D eigenvalue weighted by molar-refractivity contribution is -0.166. The minimum atomic E-state index is -5.47. The Bertz CT molecular complexity index is 1610. The van der Waals surface area contributed by atoms with E-state index in [2.05, 4.69) is 43.4 Å². The van der Waals surface area contributed by atoms with Gasteiger partial charge in [0, 0.05) is 31.1 Å². The van der Waals surface area contributed by atoms with Gasteiger partial charge in [0.05, 0.1) is 31.0 Å². The van der Waals surface area contributed by atoms with E-state index in [9.17, 15) is 59.6 Å². The van der Waals surface area contributed by atoms with Crippen molar-refractivity contribution in [3.05, 3.63) is 72.9 Å². The van der Waals surface area contributed by atoms with Gasteiger partial charge in [0.25, 0.3) is 0 Å². The van der Waals surface area contributed by atoms with Crippen LogP contribution in [-0.4, -0.2) is 127 Å². The lowest BCUT2D eigenvalue weighted by atomic mass is 9.84. The van der Waals surface area contributed by atoms with Gasteiger partial charge in [-0.25, -0.2) is 4.57 Å². The number of hydrogen-bond acceptors (Lipinski definition) is 15. The van der Waals surface area contributed by atoms with E-state index in [0.717, 1.165) is 38.5 Å². The van der Waals surface area contributed by atoms with Crippen molar-refractivity contribution in [2.45, 2.75) is 191 Å². The van der Waals surface area contributed by atoms with E-state index in [0.29, 0.717) is 32.1 Å². The molecule has 16 nitrogen and oxygen atoms in total. The number of phosphoric acid groups is 1. The maximum atomic E-state index is 13.6. The SMILES string of the molecule is CCCCC/C=C\C/C=C\C/C=C\C/C=C\CCCC(=O)OC[C@@H]1COP(=O)(O)O[C@H]2[C@H](O)[C@@H](O)[C@H](O)[C@@H](C/C=C\CCCC(=O)O1)C(=O)C[C@@H](O)[C@H](/C=C/[C@@H](O)CCCCC)[C@@H](O)[C@H]2O. The first-order valence-corrected chi connectivity index (χ1v) is 25.3. The summed E-state index contributed by atoms with van der Waals surface area (Å²) in [7, 11) is -5.47. The standard InChI is InChI=1S/C49H79O16P/c1-3-5-7-8-9-10-11-12-13-14-15-16-17-18-19-20-25-29-42(53)62-34-37-35-63-66(60,61)65-49-47(58)45(56)39(32-31-36(50)27-23-6-4-2)41(52)33-40(51)38(44(55)46(57)48(49)59)28-24-21-22-26-30-43(54)64-37/h9-10,12-13,15-16,18-19,21,24,31-32,36-39,41,44-50,52,55-59H,3-8,11,14,17,20,22-23,25-30,33-35H2,1-2H3,(H,60,61)/b10-9-,13-12-,16-15-,19-18-,24-21-,32-31+/t36-,37+,38-,39-,41+,44+,45+,46-,47+,48+,49+/m0/s1. The molecule has 66 heavy (non-hydrogen) atoms. The van der Waals surface area contributed by atoms with E-state index in [1.807, 2.05) is 19.1 Å². The summed E-state index contributed by atoms with van der Waals surface area (Å²) in [6.45, 7) is 2.72. The van der Waals surface area contributed by atoms with Crippen LogP contribution in [0.4, 0.5) is 0 Å². The molecule has 2 bridgehead atoms. The fourth-order valence-electron chi connectivity index (χ4n) is 7.39. The van der Waals surface area contributed by atoms with Crippen molar-refractivity contribution < 1.29 is 78.1 Å². The highest BCUT2D eigenvalue weighted by atomic mass is 31.2. The van der Waals surface area contributed by atoms with Crippen LogP contribution in [0.25, 0.3) is 0 Å². The Morgan fingerprint density at radius 3 is 2.06 bits per heavy atom. The van der Waals surface area contributed by atoms with Crippen molar-refractivity contribution in [1.29, 1.82) is 0 Å². The lowest BCUT2D eigenvalue weighted by Crippen LogP contribution is -2.55. The molecule has 0 aromatic heterocycles. The zero-order chi connectivity index (χ0) is 48.7. The summed E-state index contributed by atoms with van der Waals surface area (Å²) < 4.78 is 34.5. The van der Waals surface area contributed by atoms with Crippen LogP contribution in [0.5, 0.6) is 0 Å². The van der Waals surface area contributed by atoms with Gasteiger partial charge in [-0.05, 0) is 70.6 Å². The van der Waals surface area contributed by atoms with E-state index < -0.39 is 112 Å². The monoisotopic (exact) mass is 955 g/mol. The largest absolute Gasteiger partial charge is 0.472 e. The quantitative estimate of drug-likeness (QED) is 0.0264. The number of cyclic esters (lactones) is 1. The minimum absolute atomic E-state index is 0.0244. The number of fused-ring (bicyclic) bond motifs is 4. The van der Waals surface area contributed by atoms with Gasteiger partial charge < -0.3 is 50.1 Å². The number of aliphatic hydroxyl groups excluding tert-OH is 7. The zero-order valence-electron chi connectivity index (χ0n) is 38.9. The number of carbonyl (C=O) groups excluding carboxylic acids is 3. The molecule has 8 N–H and O–H groups in total. The second kappa shape index (κ2) is 34.2. The van der Waals surface area contributed by atoms with Crippen LogP contribution < -0.4 is 0 Å². The van der Waals surface area contributed by atoms with Crippen LogP contribution in [0, 0.1) is 11.8 Å². The zero-order valence-corrected chi connectivity index (χ0v) is 39.8. The Balaban J connectivity index is 2.15. The smallest absolute Gasteiger partial charge is 0.462 e. The number of allylic oxidation sites excluding steroid dienone is 10. The molecule has 2 rings (SSSR count). The van der Waals surface area contributed by atoms with E-state index in [4.69, 9.17) is 18.5 Å². The number of Topliss-reactive ketones (excluding diaryl/α,β-unsaturated/α-hetero) is 1. The molecule has 1 heterocycles. The van der Waals surface area contributed by atoms with Gasteiger partial charge in [0.1, 0.15) is 36.8 Å². The van der Waals surface area contributed by atoms with Crippen LogP contribution in [0.3, 0.4) is 0 Å². The van der Waals surface area contributed by atoms with Gasteiger partial charge in [-0.2, -0.15) is 0 Å². The Hall–Kier alpha value is -3.12. The maximum absolute atomic E-state index is 13.6. The van der Waals surface area contributed by atoms with Crippen LogP contribution in [-0.2, 0) is 37.5 Å². The summed E-state index contributed by atoms with van der Waals surface area (Å²) in [5, 5.41) is 78.4. The lowest BCUT2D eigenvalue weighted by Gasteiger charge is -2.36. The average Bonchev–Trinajstić information content (AvgIpc) is 3.28. The molecule has 17 heteroatoms. The molecule has 1 unspecified atom stereocenters. The van der Waals surface area contributed by atoms with Gasteiger partial charge in [-0.15, -0.1) is 0 Å². The van der Waals surface area contributed by atoms with E-state index in [1.54, 1.807) is 6.08 Å². The number of ketones is 1. The van der Waals surface area contributed by atoms with Gasteiger partial charge in [0.2, 0.25) is 0 Å². The number of ether oxygens (including phenoxy) is 2. The van der Waals surface area contributed by atoms with Crippen LogP contribution >= 0.6 is 7.82 Å². The summed E-state index contributed by atoms with van der Waals surface area (Å²) in [5.74, 6) is -5.15. The normalized spacial score (nSPS) is 31.4. The molecule has 12 atom stereocenters. The van der Waals surface area contributed by atoms with Crippen LogP contribution in [0.15, 0.2) is 72.9 Å². The van der Waals surface area contributed by atoms with Crippen LogP contribution in [0.1, 0.15) is 136 Å². The van der Waals surface area contributed by atoms with E-state index in [-0.39, 0.29) is 25.7 Å². The molecule has 1 aliphatic carbocycles. The third-order valence-corrected chi connectivity index (χ3v) is 12.4. The summed E-state index contributed by atoms with van der Waals surface area (Å²) in [6.07, 6.45) is 15.0. The summed E-state index contributed by atoms with van der Waals surface area (Å²) in [4.78, 5) is 49.9. The highest BCUT2D eigenvalue weighted by Gasteiger charge is 2.49.